The van der Waals surface area contributed by atoms with Crippen LogP contribution in [-0.2, 0) is 27.1 Å². The van der Waals surface area contributed by atoms with Gasteiger partial charge in [0.15, 0.2) is 0 Å². The van der Waals surface area contributed by atoms with Crippen LogP contribution in [0.25, 0.3) is 55.6 Å². The highest BCUT2D eigenvalue weighted by atomic mass is 15.1. The van der Waals surface area contributed by atoms with E-state index in [4.69, 9.17) is 0 Å². The SMILES string of the molecule is CC(C)(C)c1ccc2c(c1)C1(c3cc(C(C)(C)C)ccc3-2)c2ccccc2-c2c(N(c3ccc4c(c3)C3(c5ccccc5-4)C4CC5CC(C4)CC3C5)c3ccccc3-c3cccc4c3C(C)(C)c3ccccc3-4)cccc21. The van der Waals surface area contributed by atoms with Crippen LogP contribution >= 0.6 is 0 Å². The van der Waals surface area contributed by atoms with E-state index < -0.39 is 5.41 Å². The van der Waals surface area contributed by atoms with Gasteiger partial charge in [0.05, 0.1) is 16.8 Å². The molecule has 9 aromatic rings. The van der Waals surface area contributed by atoms with Gasteiger partial charge in [-0.15, -0.1) is 0 Å². The Hall–Kier alpha value is -7.22. The van der Waals surface area contributed by atoms with E-state index in [9.17, 15) is 0 Å². The Morgan fingerprint density at radius 1 is 0.364 bits per heavy atom. The minimum atomic E-state index is -0.527. The molecular weight excluding hydrogens is 927 g/mol. The maximum atomic E-state index is 2.74. The number of hydrogen-bond donors (Lipinski definition) is 0. The lowest BCUT2D eigenvalue weighted by molar-refractivity contribution is -0.0399. The molecule has 8 aliphatic rings. The molecule has 0 unspecified atom stereocenters. The molecule has 0 heterocycles. The van der Waals surface area contributed by atoms with Crippen molar-refractivity contribution in [3.05, 3.63) is 244 Å². The van der Waals surface area contributed by atoms with Gasteiger partial charge in [0, 0.05) is 27.6 Å². The van der Waals surface area contributed by atoms with Gasteiger partial charge in [-0.25, -0.2) is 0 Å². The van der Waals surface area contributed by atoms with Crippen LogP contribution < -0.4 is 4.90 Å². The maximum Gasteiger partial charge on any atom is 0.0726 e. The average Bonchev–Trinajstić information content (AvgIpc) is 3.85. The smallest absolute Gasteiger partial charge is 0.0726 e. The van der Waals surface area contributed by atoms with Crippen molar-refractivity contribution in [3.63, 3.8) is 0 Å². The third kappa shape index (κ3) is 5.91. The molecule has 0 N–H and O–H groups in total. The van der Waals surface area contributed by atoms with Crippen molar-refractivity contribution in [2.75, 3.05) is 4.90 Å². The van der Waals surface area contributed by atoms with Crippen molar-refractivity contribution < 1.29 is 0 Å². The summed E-state index contributed by atoms with van der Waals surface area (Å²) in [5.41, 5.74) is 30.8. The lowest BCUT2D eigenvalue weighted by Gasteiger charge is -2.61. The van der Waals surface area contributed by atoms with Crippen molar-refractivity contribution in [2.45, 2.75) is 115 Å². The van der Waals surface area contributed by atoms with Crippen molar-refractivity contribution in [1.29, 1.82) is 0 Å². The summed E-state index contributed by atoms with van der Waals surface area (Å²) >= 11 is 0. The van der Waals surface area contributed by atoms with Gasteiger partial charge in [0.25, 0.3) is 0 Å². The highest BCUT2D eigenvalue weighted by Gasteiger charge is 2.62. The van der Waals surface area contributed by atoms with Crippen LogP contribution in [0.5, 0.6) is 0 Å². The van der Waals surface area contributed by atoms with Gasteiger partial charge in [-0.3, -0.25) is 0 Å². The maximum absolute atomic E-state index is 2.74. The number of hydrogen-bond acceptors (Lipinski definition) is 1. The Morgan fingerprint density at radius 3 is 1.45 bits per heavy atom. The number of anilines is 3. The molecule has 2 spiro atoms. The summed E-state index contributed by atoms with van der Waals surface area (Å²) < 4.78 is 0. The lowest BCUT2D eigenvalue weighted by Crippen LogP contribution is -2.55. The molecule has 1 nitrogen and oxygen atoms in total. The summed E-state index contributed by atoms with van der Waals surface area (Å²) in [5.74, 6) is 3.08. The van der Waals surface area contributed by atoms with E-state index in [0.29, 0.717) is 11.8 Å². The summed E-state index contributed by atoms with van der Waals surface area (Å²) in [4.78, 5) is 2.74. The molecule has 0 aliphatic heterocycles. The first kappa shape index (κ1) is 45.9. The quantitative estimate of drug-likeness (QED) is 0.170. The molecule has 4 fully saturated rings. The van der Waals surface area contributed by atoms with E-state index in [0.717, 1.165) is 11.8 Å². The molecule has 0 atom stereocenters. The van der Waals surface area contributed by atoms with E-state index >= 15 is 0 Å². The predicted octanol–water partition coefficient (Wildman–Crippen LogP) is 19.8. The van der Waals surface area contributed by atoms with Gasteiger partial charge in [-0.1, -0.05) is 219 Å². The first-order chi connectivity index (χ1) is 37.2. The van der Waals surface area contributed by atoms with Crippen molar-refractivity contribution >= 4 is 17.1 Å². The summed E-state index contributed by atoms with van der Waals surface area (Å²) in [6, 6.07) is 74.8. The molecule has 1 heteroatoms. The van der Waals surface area contributed by atoms with E-state index in [2.05, 4.69) is 248 Å². The van der Waals surface area contributed by atoms with Gasteiger partial charge in [-0.2, -0.15) is 0 Å². The molecule has 0 saturated heterocycles. The first-order valence-electron chi connectivity index (χ1n) is 29.1. The molecule has 17 rings (SSSR count). The zero-order chi connectivity index (χ0) is 52.1. The molecule has 378 valence electrons. The number of benzene rings is 9. The van der Waals surface area contributed by atoms with Crippen LogP contribution in [0.15, 0.2) is 188 Å². The Balaban J connectivity index is 1.00. The monoisotopic (exact) mass is 996 g/mol. The largest absolute Gasteiger partial charge is 0.309 e. The van der Waals surface area contributed by atoms with Crippen LogP contribution in [0.3, 0.4) is 0 Å². The molecule has 9 aromatic carbocycles. The minimum Gasteiger partial charge on any atom is -0.309 e. The molecule has 8 aliphatic carbocycles. The number of para-hydroxylation sites is 1. The first-order valence-corrected chi connectivity index (χ1v) is 29.1. The molecule has 4 bridgehead atoms. The summed E-state index contributed by atoms with van der Waals surface area (Å²) in [6.45, 7) is 19.1. The fourth-order valence-electron chi connectivity index (χ4n) is 18.0. The van der Waals surface area contributed by atoms with Crippen molar-refractivity contribution in [1.82, 2.24) is 0 Å². The van der Waals surface area contributed by atoms with Gasteiger partial charge in [0.2, 0.25) is 0 Å². The van der Waals surface area contributed by atoms with E-state index in [1.54, 1.807) is 11.1 Å². The molecule has 0 aromatic heterocycles. The second kappa shape index (κ2) is 15.5. The minimum absolute atomic E-state index is 0.0265. The molecular formula is C76H69N. The highest BCUT2D eigenvalue weighted by molar-refractivity contribution is 6.04. The van der Waals surface area contributed by atoms with E-state index in [1.165, 1.54) is 149 Å². The number of rotatable bonds is 4. The molecule has 0 amide bonds. The Morgan fingerprint density at radius 2 is 0.818 bits per heavy atom. The van der Waals surface area contributed by atoms with Crippen LogP contribution in [0, 0.1) is 23.7 Å². The molecule has 4 saturated carbocycles. The van der Waals surface area contributed by atoms with Gasteiger partial charge in [0.1, 0.15) is 0 Å². The second-order valence-corrected chi connectivity index (χ2v) is 27.2. The predicted molar refractivity (Wildman–Crippen MR) is 321 cm³/mol. The van der Waals surface area contributed by atoms with Gasteiger partial charge >= 0.3 is 0 Å². The third-order valence-corrected chi connectivity index (χ3v) is 21.0. The van der Waals surface area contributed by atoms with Gasteiger partial charge < -0.3 is 4.90 Å². The van der Waals surface area contributed by atoms with E-state index in [-0.39, 0.29) is 21.7 Å². The Kier molecular flexibility index (Phi) is 9.25. The lowest BCUT2D eigenvalue weighted by atomic mass is 9.43. The van der Waals surface area contributed by atoms with E-state index in [1.807, 2.05) is 0 Å². The standard InChI is InChI=1S/C76H69N/c1-72(2,3)47-31-34-54-55-35-32-48(73(4,5)6)43-66(55)76(65(54)42-47)63-27-15-11-22-60(63)70-64(76)28-18-30-69(70)77(68-29-16-12-21-57(68)59-24-17-23-58-53-20-9-13-25-61(53)74(7,8)71(58)59)51-33-36-56-52-19-10-14-26-62(52)75(67(56)44-51)49-38-45-37-46(40-49)41-50(75)39-45/h9-36,42-46,49-50H,37-41H2,1-8H3. The second-order valence-electron chi connectivity index (χ2n) is 27.2. The summed E-state index contributed by atoms with van der Waals surface area (Å²) in [6.07, 6.45) is 6.88. The summed E-state index contributed by atoms with van der Waals surface area (Å²) in [5, 5.41) is 0. The normalized spacial score (nSPS) is 22.5. The molecule has 77 heavy (non-hydrogen) atoms. The number of nitrogens with zero attached hydrogens (tertiary/aromatic N) is 1. The zero-order valence-corrected chi connectivity index (χ0v) is 46.2. The summed E-state index contributed by atoms with van der Waals surface area (Å²) in [7, 11) is 0. The Labute approximate surface area is 457 Å². The topological polar surface area (TPSA) is 3.24 Å². The van der Waals surface area contributed by atoms with Crippen LogP contribution in [0.1, 0.15) is 143 Å². The highest BCUT2D eigenvalue weighted by Crippen LogP contribution is 2.71. The van der Waals surface area contributed by atoms with Crippen LogP contribution in [-0.4, -0.2) is 0 Å². The van der Waals surface area contributed by atoms with Crippen molar-refractivity contribution in [2.24, 2.45) is 23.7 Å². The number of fused-ring (bicyclic) bond motifs is 16. The average molecular weight is 996 g/mol. The van der Waals surface area contributed by atoms with Crippen LogP contribution in [0.2, 0.25) is 0 Å². The zero-order valence-electron chi connectivity index (χ0n) is 46.2. The van der Waals surface area contributed by atoms with Crippen molar-refractivity contribution in [3.8, 4) is 55.6 Å². The van der Waals surface area contributed by atoms with Gasteiger partial charge in [-0.05, 0) is 191 Å². The fraction of sp³-hybridized carbons (Fsp3) is 0.289. The Bertz CT molecular complexity index is 3920. The fourth-order valence-corrected chi connectivity index (χ4v) is 18.0. The molecule has 0 radical (unpaired) electrons. The third-order valence-electron chi connectivity index (χ3n) is 21.0. The van der Waals surface area contributed by atoms with Crippen LogP contribution in [0.4, 0.5) is 17.1 Å².